The number of H-pyrrole nitrogens is 1. The van der Waals surface area contributed by atoms with Crippen molar-refractivity contribution in [3.05, 3.63) is 149 Å². The molecular formula is C42H30BrN. The number of aromatic amines is 1. The summed E-state index contributed by atoms with van der Waals surface area (Å²) in [5, 5.41) is 9.05. The molecule has 0 radical (unpaired) electrons. The molecule has 210 valence electrons. The monoisotopic (exact) mass is 627 g/mol. The minimum absolute atomic E-state index is 0.628. The summed E-state index contributed by atoms with van der Waals surface area (Å²) in [7, 11) is 0. The highest BCUT2D eigenvalue weighted by atomic mass is 79.9. The third-order valence-electron chi connectivity index (χ3n) is 9.71. The summed E-state index contributed by atoms with van der Waals surface area (Å²) >= 11 is 4.00. The van der Waals surface area contributed by atoms with Crippen LogP contribution >= 0.6 is 15.9 Å². The summed E-state index contributed by atoms with van der Waals surface area (Å²) in [6.45, 7) is 0. The SMILES string of the molecule is Brc1c(C2=C3C=CCCC3CC=C2)[nH]c2ccc(-c3cccc(-c4ccc5c6ccccc6c6ccccc6c5c4)c3)cc12. The van der Waals surface area contributed by atoms with Crippen LogP contribution < -0.4 is 0 Å². The highest BCUT2D eigenvalue weighted by molar-refractivity contribution is 9.10. The highest BCUT2D eigenvalue weighted by Gasteiger charge is 2.23. The Morgan fingerprint density at radius 1 is 0.545 bits per heavy atom. The first-order chi connectivity index (χ1) is 21.7. The van der Waals surface area contributed by atoms with Crippen LogP contribution in [0.4, 0.5) is 0 Å². The smallest absolute Gasteiger partial charge is 0.0612 e. The van der Waals surface area contributed by atoms with Gasteiger partial charge in [-0.3, -0.25) is 0 Å². The molecule has 2 aliphatic carbocycles. The van der Waals surface area contributed by atoms with Gasteiger partial charge >= 0.3 is 0 Å². The Hall–Kier alpha value is -4.66. The summed E-state index contributed by atoms with van der Waals surface area (Å²) in [4.78, 5) is 3.74. The molecule has 0 aliphatic heterocycles. The van der Waals surface area contributed by atoms with Crippen LogP contribution in [-0.4, -0.2) is 4.98 Å². The highest BCUT2D eigenvalue weighted by Crippen LogP contribution is 2.43. The molecule has 0 saturated carbocycles. The van der Waals surface area contributed by atoms with Crippen molar-refractivity contribution in [2.75, 3.05) is 0 Å². The van der Waals surface area contributed by atoms with Crippen LogP contribution in [0.5, 0.6) is 0 Å². The van der Waals surface area contributed by atoms with Gasteiger partial charge in [0.25, 0.3) is 0 Å². The van der Waals surface area contributed by atoms with Crippen LogP contribution in [0.25, 0.3) is 71.0 Å². The molecular weight excluding hydrogens is 598 g/mol. The number of halogens is 1. The van der Waals surface area contributed by atoms with Crippen molar-refractivity contribution in [2.24, 2.45) is 5.92 Å². The molecule has 1 unspecified atom stereocenters. The number of nitrogens with one attached hydrogen (secondary N) is 1. The maximum absolute atomic E-state index is 4.00. The molecule has 44 heavy (non-hydrogen) atoms. The Balaban J connectivity index is 1.15. The van der Waals surface area contributed by atoms with Crippen LogP contribution in [0.1, 0.15) is 25.0 Å². The van der Waals surface area contributed by atoms with Crippen LogP contribution in [-0.2, 0) is 0 Å². The lowest BCUT2D eigenvalue weighted by Gasteiger charge is -2.25. The lowest BCUT2D eigenvalue weighted by Crippen LogP contribution is -2.10. The molecule has 2 aliphatic rings. The third-order valence-corrected chi connectivity index (χ3v) is 10.5. The first-order valence-electron chi connectivity index (χ1n) is 15.6. The first-order valence-corrected chi connectivity index (χ1v) is 16.3. The predicted molar refractivity (Wildman–Crippen MR) is 192 cm³/mol. The fraction of sp³-hybridized carbons (Fsp3) is 0.0952. The molecule has 0 saturated heterocycles. The molecule has 7 aromatic rings. The molecule has 6 aromatic carbocycles. The van der Waals surface area contributed by atoms with Crippen LogP contribution in [0.3, 0.4) is 0 Å². The Morgan fingerprint density at radius 2 is 1.16 bits per heavy atom. The molecule has 1 aromatic heterocycles. The molecule has 1 atom stereocenters. The molecule has 0 spiro atoms. The van der Waals surface area contributed by atoms with E-state index in [2.05, 4.69) is 154 Å². The Labute approximate surface area is 265 Å². The summed E-state index contributed by atoms with van der Waals surface area (Å²) < 4.78 is 1.14. The van der Waals surface area contributed by atoms with Crippen molar-refractivity contribution in [1.29, 1.82) is 0 Å². The minimum atomic E-state index is 0.628. The zero-order valence-corrected chi connectivity index (χ0v) is 25.9. The predicted octanol–water partition coefficient (Wildman–Crippen LogP) is 12.4. The second-order valence-corrected chi connectivity index (χ2v) is 13.0. The van der Waals surface area contributed by atoms with Crippen LogP contribution in [0.15, 0.2) is 144 Å². The van der Waals surface area contributed by atoms with E-state index in [1.165, 1.54) is 89.6 Å². The summed E-state index contributed by atoms with van der Waals surface area (Å²) in [6, 6.07) is 40.3. The van der Waals surface area contributed by atoms with Gasteiger partial charge in [-0.05, 0) is 126 Å². The van der Waals surface area contributed by atoms with E-state index in [4.69, 9.17) is 0 Å². The fourth-order valence-corrected chi connectivity index (χ4v) is 8.16. The average Bonchev–Trinajstić information content (AvgIpc) is 3.43. The summed E-state index contributed by atoms with van der Waals surface area (Å²) in [6.07, 6.45) is 12.9. The second kappa shape index (κ2) is 10.2. The van der Waals surface area contributed by atoms with E-state index < -0.39 is 0 Å². The van der Waals surface area contributed by atoms with Gasteiger partial charge in [0, 0.05) is 16.5 Å². The van der Waals surface area contributed by atoms with E-state index in [-0.39, 0.29) is 0 Å². The number of rotatable bonds is 3. The number of fused-ring (bicyclic) bond motifs is 8. The van der Waals surface area contributed by atoms with Crippen molar-refractivity contribution >= 4 is 64.7 Å². The van der Waals surface area contributed by atoms with E-state index in [0.29, 0.717) is 5.92 Å². The number of hydrogen-bond donors (Lipinski definition) is 1. The lowest BCUT2D eigenvalue weighted by atomic mass is 9.80. The van der Waals surface area contributed by atoms with E-state index in [9.17, 15) is 0 Å². The quantitative estimate of drug-likeness (QED) is 0.187. The van der Waals surface area contributed by atoms with Gasteiger partial charge in [0.2, 0.25) is 0 Å². The fourth-order valence-electron chi connectivity index (χ4n) is 7.52. The first kappa shape index (κ1) is 25.8. The zero-order valence-electron chi connectivity index (χ0n) is 24.3. The van der Waals surface area contributed by atoms with Crippen LogP contribution in [0, 0.1) is 5.92 Å². The molecule has 1 N–H and O–H groups in total. The molecule has 0 bridgehead atoms. The molecule has 0 amide bonds. The van der Waals surface area contributed by atoms with Gasteiger partial charge in [-0.2, -0.15) is 0 Å². The third kappa shape index (κ3) is 4.05. The number of aromatic nitrogens is 1. The Kier molecular flexibility index (Phi) is 5.99. The lowest BCUT2D eigenvalue weighted by molar-refractivity contribution is 0.568. The normalized spacial score (nSPS) is 16.4. The minimum Gasteiger partial charge on any atom is -0.354 e. The molecule has 1 nitrogen and oxygen atoms in total. The van der Waals surface area contributed by atoms with E-state index in [0.717, 1.165) is 16.4 Å². The Morgan fingerprint density at radius 3 is 1.89 bits per heavy atom. The number of allylic oxidation sites excluding steroid dienone is 6. The van der Waals surface area contributed by atoms with E-state index >= 15 is 0 Å². The average molecular weight is 629 g/mol. The second-order valence-electron chi connectivity index (χ2n) is 12.2. The van der Waals surface area contributed by atoms with Crippen molar-refractivity contribution in [1.82, 2.24) is 4.98 Å². The molecule has 0 fully saturated rings. The maximum Gasteiger partial charge on any atom is 0.0612 e. The van der Waals surface area contributed by atoms with Crippen molar-refractivity contribution in [2.45, 2.75) is 19.3 Å². The van der Waals surface area contributed by atoms with Crippen LogP contribution in [0.2, 0.25) is 0 Å². The van der Waals surface area contributed by atoms with Crippen molar-refractivity contribution in [3.63, 3.8) is 0 Å². The largest absolute Gasteiger partial charge is 0.354 e. The number of hydrogen-bond acceptors (Lipinski definition) is 0. The van der Waals surface area contributed by atoms with Gasteiger partial charge in [0.1, 0.15) is 0 Å². The van der Waals surface area contributed by atoms with E-state index in [1.54, 1.807) is 0 Å². The zero-order chi connectivity index (χ0) is 29.2. The standard InChI is InChI=1S/C42H30BrN/c43-41-39-25-30(20-22-40(39)44-42(41)37-18-8-10-26-9-1-2-13-31(26)37)28-12-7-11-27(23-28)29-19-21-36-34-16-4-3-14-32(34)33-15-5-6-17-35(33)38(36)24-29/h2-8,11-26,44H,1,9-10H2. The Bertz CT molecular complexity index is 2350. The molecule has 9 rings (SSSR count). The van der Waals surface area contributed by atoms with Crippen molar-refractivity contribution in [3.8, 4) is 22.3 Å². The van der Waals surface area contributed by atoms with Gasteiger partial charge in [-0.25, -0.2) is 0 Å². The van der Waals surface area contributed by atoms with Gasteiger partial charge in [-0.1, -0.05) is 109 Å². The molecule has 2 heteroatoms. The maximum atomic E-state index is 4.00. The number of benzene rings is 6. The van der Waals surface area contributed by atoms with Gasteiger partial charge in [0.15, 0.2) is 0 Å². The van der Waals surface area contributed by atoms with Crippen molar-refractivity contribution < 1.29 is 0 Å². The van der Waals surface area contributed by atoms with Gasteiger partial charge in [0.05, 0.1) is 10.2 Å². The van der Waals surface area contributed by atoms with E-state index in [1.807, 2.05) is 0 Å². The van der Waals surface area contributed by atoms with Gasteiger partial charge in [-0.15, -0.1) is 0 Å². The summed E-state index contributed by atoms with van der Waals surface area (Å²) in [5.74, 6) is 0.628. The van der Waals surface area contributed by atoms with Gasteiger partial charge < -0.3 is 4.98 Å². The molecule has 1 heterocycles. The summed E-state index contributed by atoms with van der Waals surface area (Å²) in [5.41, 5.74) is 10.0. The topological polar surface area (TPSA) is 15.8 Å².